The molecule has 0 radical (unpaired) electrons. The SMILES string of the molecule is CN(C=O)c1ccc(Nc2cc(C(=O)O)c(Nc3ccc(N(C)C=O)cc3)cc2C(=O)O)cc1. The van der Waals surface area contributed by atoms with Crippen molar-refractivity contribution < 1.29 is 29.4 Å². The zero-order valence-corrected chi connectivity index (χ0v) is 18.4. The molecule has 0 aliphatic rings. The number of benzene rings is 3. The van der Waals surface area contributed by atoms with E-state index in [1.165, 1.54) is 21.9 Å². The molecule has 0 fully saturated rings. The molecular formula is C24H22N4O6. The van der Waals surface area contributed by atoms with Gasteiger partial charge in [-0.2, -0.15) is 0 Å². The molecule has 0 aromatic heterocycles. The third-order valence-corrected chi connectivity index (χ3v) is 5.04. The Kier molecular flexibility index (Phi) is 7.12. The molecule has 10 heteroatoms. The number of carbonyl (C=O) groups excluding carboxylic acids is 2. The molecule has 174 valence electrons. The van der Waals surface area contributed by atoms with Gasteiger partial charge in [-0.3, -0.25) is 9.59 Å². The van der Waals surface area contributed by atoms with Crippen LogP contribution in [0.25, 0.3) is 0 Å². The van der Waals surface area contributed by atoms with Gasteiger partial charge in [0.15, 0.2) is 0 Å². The Morgan fingerprint density at radius 2 is 1.00 bits per heavy atom. The summed E-state index contributed by atoms with van der Waals surface area (Å²) in [5.74, 6) is -2.49. The molecule has 4 N–H and O–H groups in total. The molecule has 2 amide bonds. The predicted octanol–water partition coefficient (Wildman–Crippen LogP) is 3.76. The van der Waals surface area contributed by atoms with Gasteiger partial charge in [0.05, 0.1) is 22.5 Å². The van der Waals surface area contributed by atoms with Crippen molar-refractivity contribution in [3.8, 4) is 0 Å². The number of hydrogen-bond donors (Lipinski definition) is 4. The van der Waals surface area contributed by atoms with E-state index in [2.05, 4.69) is 10.6 Å². The van der Waals surface area contributed by atoms with Crippen LogP contribution in [0.2, 0.25) is 0 Å². The molecule has 3 aromatic rings. The van der Waals surface area contributed by atoms with Gasteiger partial charge in [0.2, 0.25) is 12.8 Å². The van der Waals surface area contributed by atoms with Gasteiger partial charge >= 0.3 is 11.9 Å². The number of rotatable bonds is 10. The maximum absolute atomic E-state index is 11.9. The van der Waals surface area contributed by atoms with Crippen LogP contribution in [0, 0.1) is 0 Å². The van der Waals surface area contributed by atoms with Gasteiger partial charge in [0, 0.05) is 36.8 Å². The van der Waals surface area contributed by atoms with Crippen LogP contribution in [-0.2, 0) is 9.59 Å². The van der Waals surface area contributed by atoms with Gasteiger partial charge in [-0.15, -0.1) is 0 Å². The summed E-state index contributed by atoms with van der Waals surface area (Å²) >= 11 is 0. The fourth-order valence-electron chi connectivity index (χ4n) is 3.15. The number of anilines is 6. The first-order valence-electron chi connectivity index (χ1n) is 9.98. The molecule has 34 heavy (non-hydrogen) atoms. The zero-order valence-electron chi connectivity index (χ0n) is 18.4. The van der Waals surface area contributed by atoms with E-state index in [4.69, 9.17) is 0 Å². The molecular weight excluding hydrogens is 440 g/mol. The van der Waals surface area contributed by atoms with Crippen molar-refractivity contribution in [3.05, 3.63) is 71.8 Å². The first kappa shape index (κ1) is 23.8. The summed E-state index contributed by atoms with van der Waals surface area (Å²) in [4.78, 5) is 48.4. The summed E-state index contributed by atoms with van der Waals surface area (Å²) in [7, 11) is 3.19. The van der Waals surface area contributed by atoms with Crippen LogP contribution in [0.15, 0.2) is 60.7 Å². The molecule has 0 unspecified atom stereocenters. The molecule has 0 bridgehead atoms. The summed E-state index contributed by atoms with van der Waals surface area (Å²) in [5, 5.41) is 25.3. The van der Waals surface area contributed by atoms with Crippen molar-refractivity contribution in [2.24, 2.45) is 0 Å². The molecule has 0 spiro atoms. The zero-order chi connectivity index (χ0) is 24.8. The minimum absolute atomic E-state index is 0.0925. The average Bonchev–Trinajstić information content (AvgIpc) is 2.84. The lowest BCUT2D eigenvalue weighted by molar-refractivity contribution is -0.107. The number of carboxylic acids is 2. The van der Waals surface area contributed by atoms with E-state index < -0.39 is 11.9 Å². The van der Waals surface area contributed by atoms with Crippen molar-refractivity contribution in [1.29, 1.82) is 0 Å². The van der Waals surface area contributed by atoms with Crippen molar-refractivity contribution in [1.82, 2.24) is 0 Å². The van der Waals surface area contributed by atoms with Crippen molar-refractivity contribution in [2.45, 2.75) is 0 Å². The fourth-order valence-corrected chi connectivity index (χ4v) is 3.15. The van der Waals surface area contributed by atoms with Gasteiger partial charge in [0.1, 0.15) is 0 Å². The Balaban J connectivity index is 1.96. The second-order valence-electron chi connectivity index (χ2n) is 7.33. The van der Waals surface area contributed by atoms with Crippen molar-refractivity contribution >= 4 is 58.9 Å². The van der Waals surface area contributed by atoms with E-state index >= 15 is 0 Å². The number of carbonyl (C=O) groups is 4. The molecule has 0 heterocycles. The summed E-state index contributed by atoms with van der Waals surface area (Å²) in [6, 6.07) is 15.7. The van der Waals surface area contributed by atoms with E-state index in [-0.39, 0.29) is 22.5 Å². The lowest BCUT2D eigenvalue weighted by Gasteiger charge is -2.17. The van der Waals surface area contributed by atoms with Crippen LogP contribution in [0.5, 0.6) is 0 Å². The lowest BCUT2D eigenvalue weighted by Crippen LogP contribution is -2.13. The second kappa shape index (κ2) is 10.2. The van der Waals surface area contributed by atoms with Gasteiger partial charge in [-0.1, -0.05) is 0 Å². The Bertz CT molecular complexity index is 1130. The van der Waals surface area contributed by atoms with Gasteiger partial charge < -0.3 is 30.6 Å². The van der Waals surface area contributed by atoms with E-state index in [9.17, 15) is 29.4 Å². The minimum Gasteiger partial charge on any atom is -0.478 e. The Labute approximate surface area is 195 Å². The maximum atomic E-state index is 11.9. The van der Waals surface area contributed by atoms with Crippen LogP contribution < -0.4 is 20.4 Å². The van der Waals surface area contributed by atoms with Crippen molar-refractivity contribution in [3.63, 3.8) is 0 Å². The number of hydrogen-bond acceptors (Lipinski definition) is 6. The van der Waals surface area contributed by atoms with E-state index in [0.717, 1.165) is 0 Å². The maximum Gasteiger partial charge on any atom is 0.337 e. The second-order valence-corrected chi connectivity index (χ2v) is 7.33. The molecule has 3 aromatic carbocycles. The Morgan fingerprint density at radius 3 is 1.26 bits per heavy atom. The van der Waals surface area contributed by atoms with Gasteiger partial charge in [0.25, 0.3) is 0 Å². The van der Waals surface area contributed by atoms with Crippen LogP contribution >= 0.6 is 0 Å². The first-order valence-corrected chi connectivity index (χ1v) is 9.98. The summed E-state index contributed by atoms with van der Waals surface area (Å²) in [6.07, 6.45) is 1.31. The third kappa shape index (κ3) is 5.30. The van der Waals surface area contributed by atoms with Crippen LogP contribution in [-0.4, -0.2) is 49.1 Å². The summed E-state index contributed by atoms with van der Waals surface area (Å²) < 4.78 is 0. The number of nitrogens with zero attached hydrogens (tertiary/aromatic N) is 2. The molecule has 10 nitrogen and oxygen atoms in total. The predicted molar refractivity (Wildman–Crippen MR) is 129 cm³/mol. The number of nitrogens with one attached hydrogen (secondary N) is 2. The smallest absolute Gasteiger partial charge is 0.337 e. The third-order valence-electron chi connectivity index (χ3n) is 5.04. The van der Waals surface area contributed by atoms with Crippen molar-refractivity contribution in [2.75, 3.05) is 34.5 Å². The topological polar surface area (TPSA) is 139 Å². The van der Waals surface area contributed by atoms with Crippen LogP contribution in [0.1, 0.15) is 20.7 Å². The highest BCUT2D eigenvalue weighted by atomic mass is 16.4. The standard InChI is InChI=1S/C24H22N4O6/c1-27(13-29)17-7-3-15(4-8-17)25-21-11-20(24(33)34)22(12-19(21)23(31)32)26-16-5-9-18(10-6-16)28(2)14-30/h3-14,25-26H,1-2H3,(H,31,32)(H,33,34). The van der Waals surface area contributed by atoms with Gasteiger partial charge in [-0.25, -0.2) is 9.59 Å². The van der Waals surface area contributed by atoms with Crippen LogP contribution in [0.4, 0.5) is 34.1 Å². The van der Waals surface area contributed by atoms with E-state index in [0.29, 0.717) is 35.6 Å². The highest BCUT2D eigenvalue weighted by molar-refractivity contribution is 6.03. The molecule has 0 saturated heterocycles. The van der Waals surface area contributed by atoms with E-state index in [1.54, 1.807) is 62.6 Å². The molecule has 0 aliphatic carbocycles. The van der Waals surface area contributed by atoms with E-state index in [1.807, 2.05) is 0 Å². The highest BCUT2D eigenvalue weighted by Gasteiger charge is 2.19. The summed E-state index contributed by atoms with van der Waals surface area (Å²) in [6.45, 7) is 0. The highest BCUT2D eigenvalue weighted by Crippen LogP contribution is 2.31. The largest absolute Gasteiger partial charge is 0.478 e. The molecule has 0 atom stereocenters. The average molecular weight is 462 g/mol. The number of carboxylic acid groups (broad SMARTS) is 2. The normalized spacial score (nSPS) is 10.2. The number of aromatic carboxylic acids is 2. The lowest BCUT2D eigenvalue weighted by atomic mass is 10.0. The van der Waals surface area contributed by atoms with Crippen LogP contribution in [0.3, 0.4) is 0 Å². The van der Waals surface area contributed by atoms with Gasteiger partial charge in [-0.05, 0) is 60.7 Å². The molecule has 0 aliphatic heterocycles. The first-order chi connectivity index (χ1) is 16.2. The fraction of sp³-hybridized carbons (Fsp3) is 0.0833. The minimum atomic E-state index is -1.25. The number of amides is 2. The quantitative estimate of drug-likeness (QED) is 0.334. The Hall–Kier alpha value is -4.86. The molecule has 0 saturated carbocycles. The molecule has 3 rings (SSSR count). The summed E-state index contributed by atoms with van der Waals surface area (Å²) in [5.41, 5.74) is 2.20. The Morgan fingerprint density at radius 1 is 0.676 bits per heavy atom. The monoisotopic (exact) mass is 462 g/mol.